The Balaban J connectivity index is 0. The van der Waals surface area contributed by atoms with Gasteiger partial charge in [-0.05, 0) is 6.20 Å². The van der Waals surface area contributed by atoms with Gasteiger partial charge in [0.25, 0.3) is 0 Å². The highest BCUT2D eigenvalue weighted by Crippen LogP contribution is 1.71. The molecule has 1 amide bonds. The van der Waals surface area contributed by atoms with Crippen molar-refractivity contribution in [1.82, 2.24) is 0 Å². The summed E-state index contributed by atoms with van der Waals surface area (Å²) >= 11 is 0. The lowest BCUT2D eigenvalue weighted by atomic mass is 10.4. The van der Waals surface area contributed by atoms with Gasteiger partial charge in [-0.3, -0.25) is 4.79 Å². The van der Waals surface area contributed by atoms with E-state index in [1.54, 1.807) is 0 Å². The Kier molecular flexibility index (Phi) is 11.7. The minimum atomic E-state index is -0.329. The largest absolute Gasteiger partial charge is 0.405 e. The van der Waals surface area contributed by atoms with Crippen LogP contribution >= 0.6 is 0 Å². The molecular weight excluding hydrogens is 116 g/mol. The number of primary amides is 1. The lowest BCUT2D eigenvalue weighted by Crippen LogP contribution is -2.07. The summed E-state index contributed by atoms with van der Waals surface area (Å²) < 4.78 is 0. The first-order valence-electron chi connectivity index (χ1n) is 2.40. The van der Waals surface area contributed by atoms with Gasteiger partial charge in [0.05, 0.1) is 0 Å². The van der Waals surface area contributed by atoms with Gasteiger partial charge in [0.1, 0.15) is 0 Å². The van der Waals surface area contributed by atoms with E-state index in [0.29, 0.717) is 0 Å². The molecule has 0 rings (SSSR count). The van der Waals surface area contributed by atoms with E-state index in [2.05, 4.69) is 18.9 Å². The molecule has 0 aliphatic heterocycles. The third kappa shape index (κ3) is 49.7. The molecule has 0 fully saturated rings. The number of nitrogens with two attached hydrogens (primary N) is 2. The number of hydrogen-bond acceptors (Lipinski definition) is 2. The normalized spacial score (nSPS) is 6.22. The predicted octanol–water partition coefficient (Wildman–Crippen LogP) is 0.136. The van der Waals surface area contributed by atoms with Crippen LogP contribution in [0.4, 0.5) is 0 Å². The molecule has 0 aromatic rings. The van der Waals surface area contributed by atoms with Crippen LogP contribution in [-0.4, -0.2) is 5.91 Å². The first-order valence-corrected chi connectivity index (χ1v) is 2.40. The van der Waals surface area contributed by atoms with Gasteiger partial charge in [-0.15, -0.1) is 6.58 Å². The molecule has 0 aromatic heterocycles. The van der Waals surface area contributed by atoms with E-state index < -0.39 is 0 Å². The molecule has 3 heteroatoms. The summed E-state index contributed by atoms with van der Waals surface area (Å²) in [5.74, 6) is -0.329. The Morgan fingerprint density at radius 2 is 1.89 bits per heavy atom. The Hall–Kier alpha value is -1.25. The van der Waals surface area contributed by atoms with Crippen LogP contribution in [0.2, 0.25) is 0 Å². The standard InChI is InChI=1S/C4H7NO.C2H5N/c1-2-3-4(5)6;1-2-3/h2H,1,3H2,(H2,5,6);2H,1,3H2. The van der Waals surface area contributed by atoms with Crippen molar-refractivity contribution < 1.29 is 4.79 Å². The molecule has 3 nitrogen and oxygen atoms in total. The third-order valence-electron chi connectivity index (χ3n) is 0.346. The zero-order chi connectivity index (χ0) is 7.70. The van der Waals surface area contributed by atoms with Crippen molar-refractivity contribution in [2.75, 3.05) is 0 Å². The van der Waals surface area contributed by atoms with Gasteiger partial charge in [-0.1, -0.05) is 12.7 Å². The second-order valence-electron chi connectivity index (χ2n) is 1.19. The predicted molar refractivity (Wildman–Crippen MR) is 38.4 cm³/mol. The van der Waals surface area contributed by atoms with E-state index in [-0.39, 0.29) is 12.3 Å². The highest BCUT2D eigenvalue weighted by atomic mass is 16.1. The van der Waals surface area contributed by atoms with Crippen LogP contribution in [0, 0.1) is 0 Å². The van der Waals surface area contributed by atoms with Crippen LogP contribution in [0.1, 0.15) is 6.42 Å². The van der Waals surface area contributed by atoms with E-state index in [0.717, 1.165) is 0 Å². The third-order valence-corrected chi connectivity index (χ3v) is 0.346. The van der Waals surface area contributed by atoms with Crippen molar-refractivity contribution in [2.24, 2.45) is 11.5 Å². The maximum atomic E-state index is 9.75. The number of carbonyl (C=O) groups is 1. The Labute approximate surface area is 55.0 Å². The molecule has 0 unspecified atom stereocenters. The van der Waals surface area contributed by atoms with Crippen molar-refractivity contribution in [3.8, 4) is 0 Å². The number of hydrogen-bond donors (Lipinski definition) is 2. The Morgan fingerprint density at radius 3 is 1.89 bits per heavy atom. The van der Waals surface area contributed by atoms with Crippen LogP contribution < -0.4 is 11.5 Å². The quantitative estimate of drug-likeness (QED) is 0.519. The van der Waals surface area contributed by atoms with Crippen molar-refractivity contribution >= 4 is 5.91 Å². The molecule has 0 radical (unpaired) electrons. The molecule has 9 heavy (non-hydrogen) atoms. The summed E-state index contributed by atoms with van der Waals surface area (Å²) in [6.45, 7) is 6.44. The van der Waals surface area contributed by atoms with Crippen molar-refractivity contribution in [2.45, 2.75) is 6.42 Å². The summed E-state index contributed by atoms with van der Waals surface area (Å²) in [6.07, 6.45) is 3.00. The molecule has 0 saturated heterocycles. The number of rotatable bonds is 2. The average molecular weight is 128 g/mol. The highest BCUT2D eigenvalue weighted by Gasteiger charge is 1.80. The van der Waals surface area contributed by atoms with Crippen LogP contribution in [0.3, 0.4) is 0 Å². The summed E-state index contributed by atoms with van der Waals surface area (Å²) in [4.78, 5) is 9.75. The van der Waals surface area contributed by atoms with Gasteiger partial charge in [0.2, 0.25) is 5.91 Å². The summed E-state index contributed by atoms with van der Waals surface area (Å²) in [5.41, 5.74) is 9.30. The van der Waals surface area contributed by atoms with Gasteiger partial charge in [0, 0.05) is 6.42 Å². The first kappa shape index (κ1) is 10.7. The van der Waals surface area contributed by atoms with Gasteiger partial charge in [-0.2, -0.15) is 0 Å². The molecule has 52 valence electrons. The second-order valence-corrected chi connectivity index (χ2v) is 1.19. The fraction of sp³-hybridized carbons (Fsp3) is 0.167. The van der Waals surface area contributed by atoms with Gasteiger partial charge < -0.3 is 11.5 Å². The van der Waals surface area contributed by atoms with E-state index in [1.807, 2.05) is 0 Å². The van der Waals surface area contributed by atoms with Gasteiger partial charge in [0.15, 0.2) is 0 Å². The lowest BCUT2D eigenvalue weighted by molar-refractivity contribution is -0.117. The molecule has 0 aliphatic carbocycles. The van der Waals surface area contributed by atoms with E-state index in [1.165, 1.54) is 12.3 Å². The Bertz CT molecular complexity index is 99.2. The van der Waals surface area contributed by atoms with Gasteiger partial charge >= 0.3 is 0 Å². The second kappa shape index (κ2) is 9.89. The van der Waals surface area contributed by atoms with E-state index in [9.17, 15) is 4.79 Å². The summed E-state index contributed by atoms with van der Waals surface area (Å²) in [6, 6.07) is 0. The van der Waals surface area contributed by atoms with Gasteiger partial charge in [-0.25, -0.2) is 0 Å². The van der Waals surface area contributed by atoms with Crippen LogP contribution in [-0.2, 0) is 4.79 Å². The molecule has 0 atom stereocenters. The topological polar surface area (TPSA) is 69.1 Å². The van der Waals surface area contributed by atoms with Crippen molar-refractivity contribution in [1.29, 1.82) is 0 Å². The number of amides is 1. The summed E-state index contributed by atoms with van der Waals surface area (Å²) in [7, 11) is 0. The maximum absolute atomic E-state index is 9.75. The SMILES string of the molecule is C=CCC(N)=O.C=CN. The molecule has 0 saturated carbocycles. The minimum Gasteiger partial charge on any atom is -0.405 e. The molecule has 0 bridgehead atoms. The molecule has 0 spiro atoms. The molecule has 4 N–H and O–H groups in total. The minimum absolute atomic E-state index is 0.278. The first-order chi connectivity index (χ1) is 4.18. The van der Waals surface area contributed by atoms with Crippen LogP contribution in [0.15, 0.2) is 25.4 Å². The van der Waals surface area contributed by atoms with Crippen molar-refractivity contribution in [3.63, 3.8) is 0 Å². The number of carbonyl (C=O) groups excluding carboxylic acids is 1. The zero-order valence-electron chi connectivity index (χ0n) is 5.34. The molecule has 0 aliphatic rings. The zero-order valence-corrected chi connectivity index (χ0v) is 5.34. The lowest BCUT2D eigenvalue weighted by Gasteiger charge is -1.76. The monoisotopic (exact) mass is 128 g/mol. The fourth-order valence-corrected chi connectivity index (χ4v) is 0.142. The fourth-order valence-electron chi connectivity index (χ4n) is 0.142. The molecule has 0 aromatic carbocycles. The maximum Gasteiger partial charge on any atom is 0.221 e. The highest BCUT2D eigenvalue weighted by molar-refractivity contribution is 5.75. The van der Waals surface area contributed by atoms with Crippen LogP contribution in [0.25, 0.3) is 0 Å². The molecule has 0 heterocycles. The summed E-state index contributed by atoms with van der Waals surface area (Å²) in [5, 5.41) is 0. The average Bonchev–Trinajstić information content (AvgIpc) is 1.67. The Morgan fingerprint density at radius 1 is 1.56 bits per heavy atom. The van der Waals surface area contributed by atoms with E-state index >= 15 is 0 Å². The van der Waals surface area contributed by atoms with Crippen molar-refractivity contribution in [3.05, 3.63) is 25.4 Å². The van der Waals surface area contributed by atoms with E-state index in [4.69, 9.17) is 5.73 Å². The van der Waals surface area contributed by atoms with Crippen LogP contribution in [0.5, 0.6) is 0 Å². The molecular formula is C6H12N2O. The smallest absolute Gasteiger partial charge is 0.221 e.